The van der Waals surface area contributed by atoms with E-state index in [1.807, 2.05) is 18.2 Å². The van der Waals surface area contributed by atoms with Gasteiger partial charge in [0.15, 0.2) is 5.84 Å². The number of sulfonamides is 1. The third-order valence-electron chi connectivity index (χ3n) is 3.41. The van der Waals surface area contributed by atoms with Crippen LogP contribution in [0.1, 0.15) is 5.56 Å². The third kappa shape index (κ3) is 4.30. The number of nitrogens with zero attached hydrogens (tertiary/aromatic N) is 1. The molecule has 0 heterocycles. The summed E-state index contributed by atoms with van der Waals surface area (Å²) in [6, 6.07) is 22.5. The van der Waals surface area contributed by atoms with Crippen molar-refractivity contribution in [2.45, 2.75) is 4.90 Å². The molecule has 4 nitrogen and oxygen atoms in total. The molecule has 0 radical (unpaired) electrons. The molecule has 1 N–H and O–H groups in total. The predicted octanol–water partition coefficient (Wildman–Crippen LogP) is 4.07. The molecule has 0 saturated heterocycles. The molecule has 25 heavy (non-hydrogen) atoms. The molecule has 0 saturated carbocycles. The van der Waals surface area contributed by atoms with Crippen LogP contribution in [0.15, 0.2) is 94.2 Å². The van der Waals surface area contributed by atoms with E-state index in [4.69, 9.17) is 0 Å². The first-order chi connectivity index (χ1) is 12.0. The Hall–Kier alpha value is -2.99. The fourth-order valence-corrected chi connectivity index (χ4v) is 3.18. The molecule has 126 valence electrons. The minimum atomic E-state index is -3.91. The molecular formula is C19H15FN2O2S. The van der Waals surface area contributed by atoms with Crippen molar-refractivity contribution in [2.24, 2.45) is 4.40 Å². The Morgan fingerprint density at radius 1 is 0.800 bits per heavy atom. The summed E-state index contributed by atoms with van der Waals surface area (Å²) in [5, 5.41) is 2.99. The SMILES string of the molecule is O=S(=O)(/N=C(\Nc1ccccc1)c1ccc(F)cc1)c1ccccc1. The van der Waals surface area contributed by atoms with Crippen LogP contribution >= 0.6 is 0 Å². The highest BCUT2D eigenvalue weighted by Crippen LogP contribution is 2.16. The van der Waals surface area contributed by atoms with Gasteiger partial charge in [-0.2, -0.15) is 8.42 Å². The highest BCUT2D eigenvalue weighted by Gasteiger charge is 2.15. The van der Waals surface area contributed by atoms with Crippen LogP contribution in [0.4, 0.5) is 10.1 Å². The fraction of sp³-hybridized carbons (Fsp3) is 0. The first-order valence-electron chi connectivity index (χ1n) is 7.53. The summed E-state index contributed by atoms with van der Waals surface area (Å²) >= 11 is 0. The first kappa shape index (κ1) is 16.9. The summed E-state index contributed by atoms with van der Waals surface area (Å²) in [6.07, 6.45) is 0. The van der Waals surface area contributed by atoms with Gasteiger partial charge in [-0.25, -0.2) is 4.39 Å². The molecule has 0 bridgehead atoms. The van der Waals surface area contributed by atoms with Gasteiger partial charge in [-0.1, -0.05) is 36.4 Å². The van der Waals surface area contributed by atoms with Crippen molar-refractivity contribution in [1.29, 1.82) is 0 Å². The number of hydrogen-bond donors (Lipinski definition) is 1. The first-order valence-corrected chi connectivity index (χ1v) is 8.97. The van der Waals surface area contributed by atoms with Crippen molar-refractivity contribution in [3.8, 4) is 0 Å². The van der Waals surface area contributed by atoms with E-state index in [1.165, 1.54) is 36.4 Å². The van der Waals surface area contributed by atoms with Crippen LogP contribution in [0, 0.1) is 5.82 Å². The molecule has 3 aromatic rings. The minimum Gasteiger partial charge on any atom is -0.339 e. The van der Waals surface area contributed by atoms with Crippen molar-refractivity contribution < 1.29 is 12.8 Å². The van der Waals surface area contributed by atoms with Crippen LogP contribution in [-0.2, 0) is 10.0 Å². The Morgan fingerprint density at radius 2 is 1.36 bits per heavy atom. The smallest absolute Gasteiger partial charge is 0.284 e. The van der Waals surface area contributed by atoms with Gasteiger partial charge in [0.25, 0.3) is 10.0 Å². The maximum atomic E-state index is 13.2. The van der Waals surface area contributed by atoms with Gasteiger partial charge in [0, 0.05) is 11.3 Å². The van der Waals surface area contributed by atoms with Gasteiger partial charge in [-0.05, 0) is 48.5 Å². The second kappa shape index (κ2) is 7.27. The summed E-state index contributed by atoms with van der Waals surface area (Å²) < 4.78 is 42.3. The number of rotatable bonds is 4. The van der Waals surface area contributed by atoms with Crippen LogP contribution in [0.5, 0.6) is 0 Å². The normalized spacial score (nSPS) is 12.0. The zero-order valence-corrected chi connectivity index (χ0v) is 13.9. The van der Waals surface area contributed by atoms with E-state index in [0.29, 0.717) is 11.3 Å². The van der Waals surface area contributed by atoms with Gasteiger partial charge in [0.1, 0.15) is 5.82 Å². The maximum absolute atomic E-state index is 13.2. The Bertz CT molecular complexity index is 971. The average molecular weight is 354 g/mol. The zero-order chi connectivity index (χ0) is 17.7. The largest absolute Gasteiger partial charge is 0.339 e. The van der Waals surface area contributed by atoms with Crippen molar-refractivity contribution in [2.75, 3.05) is 5.32 Å². The standard InChI is InChI=1S/C19H15FN2O2S/c20-16-13-11-15(12-14-16)19(21-17-7-3-1-4-8-17)22-25(23,24)18-9-5-2-6-10-18/h1-14H,(H,21,22). The predicted molar refractivity (Wildman–Crippen MR) is 96.6 cm³/mol. The number of benzene rings is 3. The van der Waals surface area contributed by atoms with Crippen molar-refractivity contribution >= 4 is 21.5 Å². The van der Waals surface area contributed by atoms with E-state index < -0.39 is 15.8 Å². The summed E-state index contributed by atoms with van der Waals surface area (Å²) in [5.41, 5.74) is 1.14. The van der Waals surface area contributed by atoms with Gasteiger partial charge in [-0.3, -0.25) is 0 Å². The van der Waals surface area contributed by atoms with E-state index in [0.717, 1.165) is 0 Å². The summed E-state index contributed by atoms with van der Waals surface area (Å²) in [6.45, 7) is 0. The van der Waals surface area contributed by atoms with Crippen LogP contribution in [0.2, 0.25) is 0 Å². The highest BCUT2D eigenvalue weighted by molar-refractivity contribution is 7.90. The van der Waals surface area contributed by atoms with E-state index in [2.05, 4.69) is 9.71 Å². The third-order valence-corrected chi connectivity index (χ3v) is 4.70. The zero-order valence-electron chi connectivity index (χ0n) is 13.1. The van der Waals surface area contributed by atoms with E-state index in [9.17, 15) is 12.8 Å². The highest BCUT2D eigenvalue weighted by atomic mass is 32.2. The Labute approximate surface area is 145 Å². The molecule has 0 amide bonds. The topological polar surface area (TPSA) is 58.5 Å². The molecule has 0 aliphatic carbocycles. The van der Waals surface area contributed by atoms with Gasteiger partial charge in [0.05, 0.1) is 4.90 Å². The van der Waals surface area contributed by atoms with Gasteiger partial charge >= 0.3 is 0 Å². The van der Waals surface area contributed by atoms with Gasteiger partial charge < -0.3 is 5.32 Å². The molecule has 0 atom stereocenters. The Kier molecular flexibility index (Phi) is 4.90. The minimum absolute atomic E-state index is 0.0875. The lowest BCUT2D eigenvalue weighted by Gasteiger charge is -2.10. The molecule has 0 unspecified atom stereocenters. The van der Waals surface area contributed by atoms with Gasteiger partial charge in [0.2, 0.25) is 0 Å². The lowest BCUT2D eigenvalue weighted by molar-refractivity contribution is 0.598. The van der Waals surface area contributed by atoms with Crippen LogP contribution in [0.3, 0.4) is 0 Å². The monoisotopic (exact) mass is 354 g/mol. The molecule has 0 aromatic heterocycles. The number of amidine groups is 1. The van der Waals surface area contributed by atoms with E-state index >= 15 is 0 Å². The number of nitrogens with one attached hydrogen (secondary N) is 1. The maximum Gasteiger partial charge on any atom is 0.284 e. The number of para-hydroxylation sites is 1. The summed E-state index contributed by atoms with van der Waals surface area (Å²) in [5.74, 6) is -0.288. The fourth-order valence-electron chi connectivity index (χ4n) is 2.18. The second-order valence-electron chi connectivity index (χ2n) is 5.23. The Balaban J connectivity index is 2.05. The van der Waals surface area contributed by atoms with E-state index in [-0.39, 0.29) is 10.7 Å². The molecule has 0 fully saturated rings. The molecular weight excluding hydrogens is 339 g/mol. The summed E-state index contributed by atoms with van der Waals surface area (Å²) in [7, 11) is -3.91. The average Bonchev–Trinajstić information content (AvgIpc) is 2.63. The number of halogens is 1. The van der Waals surface area contributed by atoms with Crippen molar-refractivity contribution in [3.63, 3.8) is 0 Å². The van der Waals surface area contributed by atoms with Crippen LogP contribution < -0.4 is 5.32 Å². The van der Waals surface area contributed by atoms with Crippen molar-refractivity contribution in [1.82, 2.24) is 0 Å². The molecule has 3 rings (SSSR count). The lowest BCUT2D eigenvalue weighted by atomic mass is 10.2. The Morgan fingerprint density at radius 3 is 1.96 bits per heavy atom. The van der Waals surface area contributed by atoms with Gasteiger partial charge in [-0.15, -0.1) is 4.40 Å². The van der Waals surface area contributed by atoms with Crippen LogP contribution in [-0.4, -0.2) is 14.3 Å². The van der Waals surface area contributed by atoms with Crippen molar-refractivity contribution in [3.05, 3.63) is 96.3 Å². The number of hydrogen-bond acceptors (Lipinski definition) is 2. The lowest BCUT2D eigenvalue weighted by Crippen LogP contribution is -2.16. The van der Waals surface area contributed by atoms with E-state index in [1.54, 1.807) is 30.3 Å². The molecule has 0 spiro atoms. The molecule has 0 aliphatic heterocycles. The second-order valence-corrected chi connectivity index (χ2v) is 6.83. The summed E-state index contributed by atoms with van der Waals surface area (Å²) in [4.78, 5) is 0.0875. The number of anilines is 1. The molecule has 0 aliphatic rings. The molecule has 3 aromatic carbocycles. The molecule has 6 heteroatoms. The quantitative estimate of drug-likeness (QED) is 0.567. The van der Waals surface area contributed by atoms with Crippen LogP contribution in [0.25, 0.3) is 0 Å².